The summed E-state index contributed by atoms with van der Waals surface area (Å²) in [5.41, 5.74) is -5.64. The first-order valence-corrected chi connectivity index (χ1v) is 30.0. The van der Waals surface area contributed by atoms with Crippen LogP contribution in [0, 0.1) is 44.5 Å². The highest BCUT2D eigenvalue weighted by Crippen LogP contribution is 2.70. The van der Waals surface area contributed by atoms with Gasteiger partial charge in [-0.15, -0.1) is 0 Å². The number of imidazole rings is 1. The third kappa shape index (κ3) is 15.3. The molecule has 5 aliphatic rings. The Labute approximate surface area is 531 Å². The van der Waals surface area contributed by atoms with Gasteiger partial charge in [0.05, 0.1) is 46.7 Å². The monoisotopic (exact) mass is 1310 g/mol. The maximum atomic E-state index is 16.9. The Balaban J connectivity index is 0.000000179. The van der Waals surface area contributed by atoms with Crippen LogP contribution in [-0.4, -0.2) is 116 Å². The van der Waals surface area contributed by atoms with Gasteiger partial charge in [0.2, 0.25) is 11.7 Å². The summed E-state index contributed by atoms with van der Waals surface area (Å²) in [6.07, 6.45) is -4.77. The van der Waals surface area contributed by atoms with Gasteiger partial charge in [-0.25, -0.2) is 18.6 Å². The van der Waals surface area contributed by atoms with Crippen LogP contribution < -0.4 is 15.4 Å². The number of amides is 2. The Morgan fingerprint density at radius 3 is 2.17 bits per heavy atom. The van der Waals surface area contributed by atoms with E-state index in [-0.39, 0.29) is 73.1 Å². The summed E-state index contributed by atoms with van der Waals surface area (Å²) in [6.45, 7) is 10.3. The third-order valence-electron chi connectivity index (χ3n) is 18.2. The lowest BCUT2D eigenvalue weighted by Crippen LogP contribution is -2.69. The number of hydrogen-bond donors (Lipinski definition) is 4. The number of nitro benzene ring substituents is 1. The number of carbonyl (C=O) groups is 6. The first-order chi connectivity index (χ1) is 43.6. The molecule has 0 bridgehead atoms. The van der Waals surface area contributed by atoms with E-state index >= 15 is 4.39 Å². The zero-order valence-electron chi connectivity index (χ0n) is 52.4. The fourth-order valence-electron chi connectivity index (χ4n) is 13.2. The summed E-state index contributed by atoms with van der Waals surface area (Å²) in [5.74, 6) is -3.79. The van der Waals surface area contributed by atoms with Crippen LogP contribution in [0.2, 0.25) is 0 Å². The van der Waals surface area contributed by atoms with Crippen LogP contribution in [0.3, 0.4) is 0 Å². The SMILES string of the molecule is CC(=O)OCC(=O)[C@@]1(O)CC[C@H]2[C@@H]3CCC4=CC(=O)CC[C@]4(C)[C@@]3(F)[C@@H](O)C[C@@]21C.CC(C)C(=O)Nc1ccc([N+](=O)[O-])c(C(F)(F)F)c1.CCOC(=O)c1ncn2c1CN(C)C(=O)c1cc(F)ccc1-2.CNCCC(Oc1ccc(C(F)(F)F)cc1)c1ccccc1. The van der Waals surface area contributed by atoms with Crippen LogP contribution in [-0.2, 0) is 47.5 Å². The molecule has 5 aromatic rings. The number of aliphatic hydroxyl groups excluding tert-OH is 1. The van der Waals surface area contributed by atoms with Crippen LogP contribution in [0.1, 0.15) is 142 Å². The van der Waals surface area contributed by atoms with Crippen molar-refractivity contribution in [3.8, 4) is 11.4 Å². The van der Waals surface area contributed by atoms with E-state index in [1.807, 2.05) is 44.3 Å². The van der Waals surface area contributed by atoms with Gasteiger partial charge in [-0.2, -0.15) is 26.3 Å². The molecular formula is C66H74F8N6O13. The second-order valence-corrected chi connectivity index (χ2v) is 24.2. The van der Waals surface area contributed by atoms with Gasteiger partial charge in [0.25, 0.3) is 11.6 Å². The molecule has 2 amide bonds. The number of nitro groups is 1. The number of aromatic nitrogens is 2. The van der Waals surface area contributed by atoms with Gasteiger partial charge < -0.3 is 40.0 Å². The predicted octanol–water partition coefficient (Wildman–Crippen LogP) is 11.9. The number of carbonyl (C=O) groups excluding carboxylic acids is 6. The van der Waals surface area contributed by atoms with Crippen LogP contribution in [0.25, 0.3) is 5.69 Å². The van der Waals surface area contributed by atoms with Gasteiger partial charge in [-0.05, 0) is 131 Å². The molecule has 4 N–H and O–H groups in total. The van der Waals surface area contributed by atoms with Crippen molar-refractivity contribution in [2.75, 3.05) is 39.2 Å². The maximum Gasteiger partial charge on any atom is 0.423 e. The minimum atomic E-state index is -4.86. The number of halogens is 8. The molecule has 8 atom stereocenters. The molecule has 0 saturated heterocycles. The number of rotatable bonds is 14. The molecule has 0 radical (unpaired) electrons. The lowest BCUT2D eigenvalue weighted by Gasteiger charge is -2.63. The average molecular weight is 1310 g/mol. The first kappa shape index (κ1) is 72.0. The quantitative estimate of drug-likeness (QED) is 0.0349. The van der Waals surface area contributed by atoms with Crippen molar-refractivity contribution < 1.29 is 93.2 Å². The Bertz CT molecular complexity index is 3620. The molecule has 4 aromatic carbocycles. The molecule has 2 heterocycles. The molecule has 3 saturated carbocycles. The Hall–Kier alpha value is -8.43. The molecule has 93 heavy (non-hydrogen) atoms. The number of nitrogens with zero attached hydrogens (tertiary/aromatic N) is 4. The van der Waals surface area contributed by atoms with Crippen LogP contribution in [0.15, 0.2) is 109 Å². The van der Waals surface area contributed by atoms with E-state index in [0.29, 0.717) is 48.9 Å². The Kier molecular flexibility index (Phi) is 22.3. The number of Topliss-reactive ketones (excluding diaryl/α,β-unsaturated/α-hetero) is 1. The van der Waals surface area contributed by atoms with Gasteiger partial charge in [0, 0.05) is 61.2 Å². The number of fused-ring (bicyclic) bond motifs is 8. The van der Waals surface area contributed by atoms with Crippen molar-refractivity contribution in [2.24, 2.45) is 28.6 Å². The summed E-state index contributed by atoms with van der Waals surface area (Å²) in [5, 5.41) is 38.4. The number of ether oxygens (including phenoxy) is 3. The van der Waals surface area contributed by atoms with Crippen molar-refractivity contribution in [3.05, 3.63) is 159 Å². The van der Waals surface area contributed by atoms with E-state index in [2.05, 4.69) is 15.6 Å². The number of alkyl halides is 7. The van der Waals surface area contributed by atoms with E-state index in [1.165, 1.54) is 48.5 Å². The zero-order valence-corrected chi connectivity index (χ0v) is 52.4. The minimum Gasteiger partial charge on any atom is -0.486 e. The fraction of sp³-hybridized carbons (Fsp3) is 0.470. The molecule has 0 spiro atoms. The summed E-state index contributed by atoms with van der Waals surface area (Å²) in [4.78, 5) is 86.6. The highest BCUT2D eigenvalue weighted by atomic mass is 19.4. The number of esters is 2. The number of ketones is 2. The van der Waals surface area contributed by atoms with Crippen molar-refractivity contribution in [3.63, 3.8) is 0 Å². The number of nitrogens with one attached hydrogen (secondary N) is 2. The number of anilines is 1. The third-order valence-corrected chi connectivity index (χ3v) is 18.2. The highest BCUT2D eigenvalue weighted by molar-refractivity contribution is 5.99. The molecular weight excluding hydrogens is 1240 g/mol. The van der Waals surface area contributed by atoms with Crippen molar-refractivity contribution in [1.82, 2.24) is 19.8 Å². The number of allylic oxidation sites excluding steroid dienone is 1. The van der Waals surface area contributed by atoms with E-state index in [1.54, 1.807) is 45.4 Å². The van der Waals surface area contributed by atoms with Gasteiger partial charge in [0.15, 0.2) is 18.1 Å². The van der Waals surface area contributed by atoms with E-state index < -0.39 is 110 Å². The number of benzene rings is 4. The van der Waals surface area contributed by atoms with Gasteiger partial charge in [-0.3, -0.25) is 38.7 Å². The summed E-state index contributed by atoms with van der Waals surface area (Å²) < 4.78 is 123. The predicted molar refractivity (Wildman–Crippen MR) is 322 cm³/mol. The van der Waals surface area contributed by atoms with Crippen molar-refractivity contribution in [1.29, 1.82) is 0 Å². The second-order valence-electron chi connectivity index (χ2n) is 24.2. The van der Waals surface area contributed by atoms with E-state index in [0.717, 1.165) is 48.4 Å². The summed E-state index contributed by atoms with van der Waals surface area (Å²) >= 11 is 0. The number of hydrogen-bond acceptors (Lipinski definition) is 15. The lowest BCUT2D eigenvalue weighted by atomic mass is 9.44. The molecule has 1 unspecified atom stereocenters. The van der Waals surface area contributed by atoms with Crippen LogP contribution in [0.4, 0.5) is 46.5 Å². The topological polar surface area (TPSA) is 259 Å². The van der Waals surface area contributed by atoms with Crippen LogP contribution >= 0.6 is 0 Å². The van der Waals surface area contributed by atoms with E-state index in [4.69, 9.17) is 14.2 Å². The average Bonchev–Trinajstić information content (AvgIpc) is 1.67. The van der Waals surface area contributed by atoms with Gasteiger partial charge in [-0.1, -0.05) is 63.6 Å². The molecule has 502 valence electrons. The lowest BCUT2D eigenvalue weighted by molar-refractivity contribution is -0.388. The standard InChI is InChI=1S/C23H31FO6.C17H18F3NO.C15H14FN3O3.C11H11F3N2O3/c1-13(25)30-12-19(28)22(29)9-7-16-17-5-4-14-10-15(26)6-8-20(14,2)23(17,24)18(27)11-21(16,22)3;1-21-12-11-16(13-5-3-2-4-6-13)22-15-9-7-14(8-10-15)17(18,19)20;1-3-22-15(21)13-12-7-18(2)14(20)10-6-9(16)4-5-11(10)19(12)8-17-13;1-6(2)10(17)15-7-3-4-9(16(18)19)8(5-7)11(12,13)14/h10,16-18,27,29H,4-9,11-12H2,1-3H3;2-10,16,21H,11-12H2,1H3;4-6,8H,3,7H2,1-2H3;3-6H,1-2H3,(H,15,17)/t16-,17-,18-,20-,21-,22-,23-;;;/m0.../s1. The second kappa shape index (κ2) is 28.8. The molecule has 3 fully saturated rings. The van der Waals surface area contributed by atoms with Crippen LogP contribution in [0.5, 0.6) is 5.75 Å². The molecule has 10 rings (SSSR count). The minimum absolute atomic E-state index is 0.00553. The van der Waals surface area contributed by atoms with Gasteiger partial charge in [0.1, 0.15) is 40.8 Å². The van der Waals surface area contributed by atoms with E-state index in [9.17, 15) is 79.8 Å². The molecule has 1 aromatic heterocycles. The molecule has 19 nitrogen and oxygen atoms in total. The smallest absolute Gasteiger partial charge is 0.423 e. The van der Waals surface area contributed by atoms with Crippen molar-refractivity contribution in [2.45, 2.75) is 135 Å². The first-order valence-electron chi connectivity index (χ1n) is 30.0. The zero-order chi connectivity index (χ0) is 68.8. The Morgan fingerprint density at radius 1 is 0.892 bits per heavy atom. The molecule has 4 aliphatic carbocycles. The summed E-state index contributed by atoms with van der Waals surface area (Å²) in [6, 6.07) is 20.7. The largest absolute Gasteiger partial charge is 0.486 e. The van der Waals surface area contributed by atoms with Gasteiger partial charge >= 0.3 is 24.3 Å². The molecule has 1 aliphatic heterocycles. The molecule has 27 heteroatoms. The Morgan fingerprint density at radius 2 is 1.57 bits per heavy atom. The maximum absolute atomic E-state index is 16.9. The number of aliphatic hydroxyl groups is 2. The highest BCUT2D eigenvalue weighted by Gasteiger charge is 2.74. The normalized spacial score (nSPS) is 23.9. The van der Waals surface area contributed by atoms with Crippen molar-refractivity contribution >= 4 is 46.7 Å². The fourth-order valence-corrected chi connectivity index (χ4v) is 13.2. The summed E-state index contributed by atoms with van der Waals surface area (Å²) in [7, 11) is 3.44.